The van der Waals surface area contributed by atoms with Crippen LogP contribution in [0, 0.1) is 5.92 Å². The van der Waals surface area contributed by atoms with Gasteiger partial charge in [-0.1, -0.05) is 196 Å². The summed E-state index contributed by atoms with van der Waals surface area (Å²) in [7, 11) is 0. The van der Waals surface area contributed by atoms with E-state index in [1.165, 1.54) is 89.9 Å². The number of esters is 2. The van der Waals surface area contributed by atoms with E-state index < -0.39 is 24.3 Å². The van der Waals surface area contributed by atoms with Crippen molar-refractivity contribution in [2.75, 3.05) is 13.2 Å². The summed E-state index contributed by atoms with van der Waals surface area (Å²) in [5.41, 5.74) is 0. The summed E-state index contributed by atoms with van der Waals surface area (Å²) in [5.74, 6) is 0.122. The third-order valence-electron chi connectivity index (χ3n) is 9.06. The van der Waals surface area contributed by atoms with Gasteiger partial charge >= 0.3 is 11.9 Å². The summed E-state index contributed by atoms with van der Waals surface area (Å²) < 4.78 is 10.3. The zero-order valence-electron chi connectivity index (χ0n) is 34.6. The predicted octanol–water partition coefficient (Wildman–Crippen LogP) is 11.5. The molecule has 54 heavy (non-hydrogen) atoms. The summed E-state index contributed by atoms with van der Waals surface area (Å²) in [6, 6.07) is 0. The zero-order chi connectivity index (χ0) is 39.7. The standard InChI is InChI=1S/C47H80O7/c1-4-5-26-34-43(48)36-29-24-25-30-37-44(49)35-28-21-18-19-23-32-39-47(52)54-41-45(50)40-53-46(51)38-31-22-17-15-13-11-9-7-6-8-10-12-14-16-20-27-33-42(2)3/h5,19,21,23-26,28-30,36-37,42-45,48-50H,4,6-18,20,22,27,31-35,38-41H2,1-3H3/b23-19-,25-24-,26-5-,28-21-,36-29+,37-30+/t43-,44+,45-/m1/s1. The van der Waals surface area contributed by atoms with Crippen LogP contribution in [0.25, 0.3) is 0 Å². The van der Waals surface area contributed by atoms with E-state index in [2.05, 4.69) is 20.8 Å². The van der Waals surface area contributed by atoms with Gasteiger partial charge in [0.1, 0.15) is 19.3 Å². The minimum atomic E-state index is -1.03. The highest BCUT2D eigenvalue weighted by molar-refractivity contribution is 5.70. The highest BCUT2D eigenvalue weighted by Gasteiger charge is 2.12. The van der Waals surface area contributed by atoms with Gasteiger partial charge in [0, 0.05) is 12.8 Å². The molecule has 7 heteroatoms. The second-order valence-corrected chi connectivity index (χ2v) is 15.0. The molecule has 0 rings (SSSR count). The van der Waals surface area contributed by atoms with Crippen molar-refractivity contribution in [3.05, 3.63) is 72.9 Å². The van der Waals surface area contributed by atoms with Crippen LogP contribution >= 0.6 is 0 Å². The van der Waals surface area contributed by atoms with Gasteiger partial charge in [-0.3, -0.25) is 9.59 Å². The van der Waals surface area contributed by atoms with Crippen molar-refractivity contribution in [2.24, 2.45) is 5.92 Å². The van der Waals surface area contributed by atoms with Gasteiger partial charge in [-0.05, 0) is 44.4 Å². The third kappa shape index (κ3) is 40.4. The summed E-state index contributed by atoms with van der Waals surface area (Å²) in [6.07, 6.45) is 46.1. The van der Waals surface area contributed by atoms with Gasteiger partial charge in [0.05, 0.1) is 12.2 Å². The molecule has 0 saturated heterocycles. The lowest BCUT2D eigenvalue weighted by Gasteiger charge is -2.12. The first kappa shape index (κ1) is 51.3. The molecule has 0 aliphatic heterocycles. The molecule has 0 aliphatic rings. The second-order valence-electron chi connectivity index (χ2n) is 15.0. The topological polar surface area (TPSA) is 113 Å². The summed E-state index contributed by atoms with van der Waals surface area (Å²) in [6.45, 7) is 6.32. The first-order valence-electron chi connectivity index (χ1n) is 21.6. The lowest BCUT2D eigenvalue weighted by atomic mass is 10.0. The highest BCUT2D eigenvalue weighted by atomic mass is 16.6. The number of carbonyl (C=O) groups is 2. The fourth-order valence-electron chi connectivity index (χ4n) is 5.77. The number of aliphatic hydroxyl groups is 3. The van der Waals surface area contributed by atoms with E-state index in [0.29, 0.717) is 32.1 Å². The molecule has 0 saturated carbocycles. The molecule has 0 aliphatic carbocycles. The van der Waals surface area contributed by atoms with Crippen LogP contribution in [-0.2, 0) is 19.1 Å². The molecule has 3 N–H and O–H groups in total. The Bertz CT molecular complexity index is 1040. The maximum absolute atomic E-state index is 12.0. The Morgan fingerprint density at radius 3 is 1.43 bits per heavy atom. The van der Waals surface area contributed by atoms with Gasteiger partial charge in [0.2, 0.25) is 0 Å². The van der Waals surface area contributed by atoms with Gasteiger partial charge in [-0.15, -0.1) is 0 Å². The molecule has 0 amide bonds. The molecule has 0 bridgehead atoms. The number of allylic oxidation sites excluding steroid dienone is 8. The number of aliphatic hydroxyl groups excluding tert-OH is 3. The van der Waals surface area contributed by atoms with E-state index in [0.717, 1.165) is 31.6 Å². The van der Waals surface area contributed by atoms with E-state index in [-0.39, 0.29) is 25.6 Å². The van der Waals surface area contributed by atoms with Crippen LogP contribution in [0.15, 0.2) is 72.9 Å². The number of rotatable bonds is 37. The van der Waals surface area contributed by atoms with Gasteiger partial charge in [-0.25, -0.2) is 0 Å². The van der Waals surface area contributed by atoms with E-state index in [1.807, 2.05) is 48.6 Å². The number of ether oxygens (including phenoxy) is 2. The van der Waals surface area contributed by atoms with Gasteiger partial charge < -0.3 is 24.8 Å². The number of hydrogen-bond acceptors (Lipinski definition) is 7. The van der Waals surface area contributed by atoms with Crippen molar-refractivity contribution in [3.63, 3.8) is 0 Å². The fraction of sp³-hybridized carbons (Fsp3) is 0.702. The van der Waals surface area contributed by atoms with Crippen LogP contribution in [0.4, 0.5) is 0 Å². The quantitative estimate of drug-likeness (QED) is 0.0250. The number of carbonyl (C=O) groups excluding carboxylic acids is 2. The SMILES string of the molecule is CC/C=C\C[C@@H](O)/C=C/C=C\C=C\[C@@H](O)C/C=C\C/C=C\CCC(=O)OC[C@H](O)COC(=O)CCCCCCCCCCCCCCCCCCC(C)C. The van der Waals surface area contributed by atoms with Crippen LogP contribution < -0.4 is 0 Å². The smallest absolute Gasteiger partial charge is 0.306 e. The second kappa shape index (κ2) is 39.9. The monoisotopic (exact) mass is 757 g/mol. The van der Waals surface area contributed by atoms with Crippen molar-refractivity contribution >= 4 is 11.9 Å². The molecule has 0 aromatic rings. The third-order valence-corrected chi connectivity index (χ3v) is 9.06. The number of hydrogen-bond donors (Lipinski definition) is 3. The summed E-state index contributed by atoms with van der Waals surface area (Å²) in [4.78, 5) is 24.0. The molecule has 0 unspecified atom stereocenters. The average molecular weight is 757 g/mol. The molecule has 0 spiro atoms. The van der Waals surface area contributed by atoms with Crippen LogP contribution in [0.1, 0.15) is 175 Å². The maximum atomic E-state index is 12.0. The molecule has 0 radical (unpaired) electrons. The van der Waals surface area contributed by atoms with Crippen LogP contribution in [0.5, 0.6) is 0 Å². The molecule has 310 valence electrons. The first-order chi connectivity index (χ1) is 26.2. The van der Waals surface area contributed by atoms with Crippen molar-refractivity contribution in [2.45, 2.75) is 193 Å². The molecule has 0 aromatic carbocycles. The summed E-state index contributed by atoms with van der Waals surface area (Å²) >= 11 is 0. The van der Waals surface area contributed by atoms with Crippen LogP contribution in [-0.4, -0.2) is 58.8 Å². The Morgan fingerprint density at radius 2 is 0.944 bits per heavy atom. The summed E-state index contributed by atoms with van der Waals surface area (Å²) in [5, 5.41) is 29.9. The van der Waals surface area contributed by atoms with Gasteiger partial charge in [-0.2, -0.15) is 0 Å². The molecular weight excluding hydrogens is 677 g/mol. The van der Waals surface area contributed by atoms with Crippen molar-refractivity contribution in [3.8, 4) is 0 Å². The van der Waals surface area contributed by atoms with E-state index >= 15 is 0 Å². The fourth-order valence-corrected chi connectivity index (χ4v) is 5.77. The Kier molecular flexibility index (Phi) is 37.9. The lowest BCUT2D eigenvalue weighted by molar-refractivity contribution is -0.152. The molecule has 3 atom stereocenters. The molecule has 0 fully saturated rings. The Labute approximate surface area is 330 Å². The highest BCUT2D eigenvalue weighted by Crippen LogP contribution is 2.15. The predicted molar refractivity (Wildman–Crippen MR) is 226 cm³/mol. The Balaban J connectivity index is 3.65. The molecule has 0 heterocycles. The van der Waals surface area contributed by atoms with Gasteiger partial charge in [0.25, 0.3) is 0 Å². The van der Waals surface area contributed by atoms with E-state index in [4.69, 9.17) is 9.47 Å². The zero-order valence-corrected chi connectivity index (χ0v) is 34.6. The van der Waals surface area contributed by atoms with Gasteiger partial charge in [0.15, 0.2) is 0 Å². The van der Waals surface area contributed by atoms with Crippen molar-refractivity contribution < 1.29 is 34.4 Å². The lowest BCUT2D eigenvalue weighted by Crippen LogP contribution is -2.25. The van der Waals surface area contributed by atoms with E-state index in [9.17, 15) is 24.9 Å². The minimum Gasteiger partial charge on any atom is -0.463 e. The molecule has 0 aromatic heterocycles. The largest absolute Gasteiger partial charge is 0.463 e. The minimum absolute atomic E-state index is 0.169. The normalized spacial score (nSPS) is 14.2. The van der Waals surface area contributed by atoms with E-state index in [1.54, 1.807) is 24.3 Å². The first-order valence-corrected chi connectivity index (χ1v) is 21.6. The van der Waals surface area contributed by atoms with Crippen molar-refractivity contribution in [1.82, 2.24) is 0 Å². The Hall–Kier alpha value is -2.74. The number of unbranched alkanes of at least 4 members (excludes halogenated alkanes) is 15. The van der Waals surface area contributed by atoms with Crippen LogP contribution in [0.2, 0.25) is 0 Å². The Morgan fingerprint density at radius 1 is 0.519 bits per heavy atom. The maximum Gasteiger partial charge on any atom is 0.306 e. The molecular formula is C47H80O7. The average Bonchev–Trinajstić information content (AvgIpc) is 3.15. The molecule has 7 nitrogen and oxygen atoms in total. The van der Waals surface area contributed by atoms with Crippen LogP contribution in [0.3, 0.4) is 0 Å². The van der Waals surface area contributed by atoms with Crippen molar-refractivity contribution in [1.29, 1.82) is 0 Å².